The highest BCUT2D eigenvalue weighted by Crippen LogP contribution is 2.33. The summed E-state index contributed by atoms with van der Waals surface area (Å²) < 4.78 is 29.3. The number of aromatic nitrogens is 1. The Morgan fingerprint density at radius 2 is 2.35 bits per heavy atom. The zero-order chi connectivity index (χ0) is 12.3. The van der Waals surface area contributed by atoms with Gasteiger partial charge in [0.2, 0.25) is 0 Å². The number of hydrogen-bond donors (Lipinski definition) is 1. The molecule has 1 aliphatic heterocycles. The van der Waals surface area contributed by atoms with E-state index in [0.717, 1.165) is 19.4 Å². The molecule has 0 bridgehead atoms. The van der Waals surface area contributed by atoms with Crippen LogP contribution in [0, 0.1) is 0 Å². The van der Waals surface area contributed by atoms with Crippen LogP contribution in [-0.4, -0.2) is 32.7 Å². The molecular formula is C11H18N2O3S. The third-order valence-electron chi connectivity index (χ3n) is 3.06. The first-order valence-electron chi connectivity index (χ1n) is 5.94. The van der Waals surface area contributed by atoms with Crippen molar-refractivity contribution in [1.82, 2.24) is 10.3 Å². The molecule has 0 spiro atoms. The van der Waals surface area contributed by atoms with Crippen LogP contribution in [0.15, 0.2) is 10.6 Å². The maximum absolute atomic E-state index is 11.9. The fraction of sp³-hybridized carbons (Fsp3) is 0.727. The fourth-order valence-electron chi connectivity index (χ4n) is 2.09. The Balaban J connectivity index is 2.13. The molecule has 0 amide bonds. The molecule has 1 fully saturated rings. The van der Waals surface area contributed by atoms with E-state index < -0.39 is 15.1 Å². The molecule has 96 valence electrons. The van der Waals surface area contributed by atoms with Gasteiger partial charge in [-0.05, 0) is 19.9 Å². The minimum Gasteiger partial charge on any atom is -0.444 e. The van der Waals surface area contributed by atoms with E-state index in [4.69, 9.17) is 4.42 Å². The standard InChI is InChI=1S/C11H18N2O3S/c1-12-6-5-11-13-8-9(16-11)10-4-2-3-7-17(10,14)15/h8,10,12H,2-7H2,1H3. The van der Waals surface area contributed by atoms with Crippen LogP contribution in [0.4, 0.5) is 0 Å². The minimum absolute atomic E-state index is 0.268. The maximum Gasteiger partial charge on any atom is 0.195 e. The first kappa shape index (κ1) is 12.6. The number of oxazole rings is 1. The number of nitrogens with one attached hydrogen (secondary N) is 1. The predicted molar refractivity (Wildman–Crippen MR) is 64.5 cm³/mol. The SMILES string of the molecule is CNCCc1ncc(C2CCCCS2(=O)=O)o1. The van der Waals surface area contributed by atoms with Crippen molar-refractivity contribution in [2.24, 2.45) is 0 Å². The lowest BCUT2D eigenvalue weighted by molar-refractivity contribution is 0.428. The van der Waals surface area contributed by atoms with Gasteiger partial charge >= 0.3 is 0 Å². The van der Waals surface area contributed by atoms with E-state index in [9.17, 15) is 8.42 Å². The Morgan fingerprint density at radius 1 is 1.53 bits per heavy atom. The zero-order valence-corrected chi connectivity index (χ0v) is 10.8. The van der Waals surface area contributed by atoms with Gasteiger partial charge in [0, 0.05) is 13.0 Å². The molecule has 1 atom stereocenters. The van der Waals surface area contributed by atoms with Gasteiger partial charge in [0.05, 0.1) is 11.9 Å². The van der Waals surface area contributed by atoms with Gasteiger partial charge in [-0.3, -0.25) is 0 Å². The van der Waals surface area contributed by atoms with Crippen molar-refractivity contribution in [2.75, 3.05) is 19.3 Å². The van der Waals surface area contributed by atoms with E-state index in [2.05, 4.69) is 10.3 Å². The molecule has 1 N–H and O–H groups in total. The number of likely N-dealkylation sites (N-methyl/N-ethyl adjacent to an activating group) is 1. The first-order valence-corrected chi connectivity index (χ1v) is 7.66. The lowest BCUT2D eigenvalue weighted by atomic mass is 10.1. The monoisotopic (exact) mass is 258 g/mol. The first-order chi connectivity index (χ1) is 8.13. The van der Waals surface area contributed by atoms with E-state index in [-0.39, 0.29) is 5.75 Å². The summed E-state index contributed by atoms with van der Waals surface area (Å²) in [7, 11) is -1.18. The lowest BCUT2D eigenvalue weighted by Crippen LogP contribution is -2.21. The van der Waals surface area contributed by atoms with Gasteiger partial charge in [-0.25, -0.2) is 13.4 Å². The quantitative estimate of drug-likeness (QED) is 0.874. The van der Waals surface area contributed by atoms with Crippen LogP contribution in [0.5, 0.6) is 0 Å². The van der Waals surface area contributed by atoms with Crippen molar-refractivity contribution in [2.45, 2.75) is 30.9 Å². The van der Waals surface area contributed by atoms with Gasteiger partial charge in [0.15, 0.2) is 15.7 Å². The van der Waals surface area contributed by atoms with E-state index in [1.807, 2.05) is 7.05 Å². The lowest BCUT2D eigenvalue weighted by Gasteiger charge is -2.19. The largest absolute Gasteiger partial charge is 0.444 e. The molecule has 1 unspecified atom stereocenters. The highest BCUT2D eigenvalue weighted by Gasteiger charge is 2.32. The molecule has 1 aliphatic rings. The normalized spacial score (nSPS) is 23.7. The molecule has 0 aromatic carbocycles. The van der Waals surface area contributed by atoms with Crippen LogP contribution < -0.4 is 5.32 Å². The summed E-state index contributed by atoms with van der Waals surface area (Å²) in [6.45, 7) is 0.775. The molecule has 1 aromatic heterocycles. The Bertz CT molecular complexity index is 467. The molecule has 2 heterocycles. The van der Waals surface area contributed by atoms with E-state index in [1.165, 1.54) is 0 Å². The third-order valence-corrected chi connectivity index (χ3v) is 5.25. The van der Waals surface area contributed by atoms with Crippen LogP contribution in [0.1, 0.15) is 36.2 Å². The van der Waals surface area contributed by atoms with Crippen molar-refractivity contribution < 1.29 is 12.8 Å². The smallest absolute Gasteiger partial charge is 0.195 e. The van der Waals surface area contributed by atoms with Crippen molar-refractivity contribution in [3.05, 3.63) is 17.8 Å². The summed E-state index contributed by atoms with van der Waals surface area (Å²) in [6, 6.07) is 0. The summed E-state index contributed by atoms with van der Waals surface area (Å²) in [5, 5.41) is 2.52. The Hall–Kier alpha value is -0.880. The third kappa shape index (κ3) is 2.87. The molecule has 1 aromatic rings. The average Bonchev–Trinajstić information content (AvgIpc) is 2.74. The topological polar surface area (TPSA) is 72.2 Å². The van der Waals surface area contributed by atoms with Crippen molar-refractivity contribution >= 4 is 9.84 Å². The minimum atomic E-state index is -3.03. The molecule has 1 saturated heterocycles. The van der Waals surface area contributed by atoms with Gasteiger partial charge in [-0.2, -0.15) is 0 Å². The summed E-state index contributed by atoms with van der Waals surface area (Å²) in [5.74, 6) is 1.38. The van der Waals surface area contributed by atoms with E-state index >= 15 is 0 Å². The molecule has 5 nitrogen and oxygen atoms in total. The van der Waals surface area contributed by atoms with Crippen molar-refractivity contribution in [3.8, 4) is 0 Å². The summed E-state index contributed by atoms with van der Waals surface area (Å²) in [4.78, 5) is 4.12. The molecule has 2 rings (SSSR count). The van der Waals surface area contributed by atoms with Gasteiger partial charge in [0.1, 0.15) is 11.0 Å². The zero-order valence-electron chi connectivity index (χ0n) is 9.98. The maximum atomic E-state index is 11.9. The molecule has 6 heteroatoms. The molecular weight excluding hydrogens is 240 g/mol. The van der Waals surface area contributed by atoms with Crippen LogP contribution in [0.3, 0.4) is 0 Å². The molecule has 0 radical (unpaired) electrons. The van der Waals surface area contributed by atoms with Crippen LogP contribution >= 0.6 is 0 Å². The molecule has 0 aliphatic carbocycles. The Kier molecular flexibility index (Phi) is 3.83. The second-order valence-electron chi connectivity index (χ2n) is 4.36. The van der Waals surface area contributed by atoms with Gasteiger partial charge < -0.3 is 9.73 Å². The highest BCUT2D eigenvalue weighted by atomic mass is 32.2. The van der Waals surface area contributed by atoms with Gasteiger partial charge in [0.25, 0.3) is 0 Å². The Morgan fingerprint density at radius 3 is 3.06 bits per heavy atom. The summed E-state index contributed by atoms with van der Waals surface area (Å²) >= 11 is 0. The number of hydrogen-bond acceptors (Lipinski definition) is 5. The van der Waals surface area contributed by atoms with E-state index in [0.29, 0.717) is 24.5 Å². The average molecular weight is 258 g/mol. The Labute approximate surface area is 102 Å². The van der Waals surface area contributed by atoms with Crippen molar-refractivity contribution in [3.63, 3.8) is 0 Å². The summed E-state index contributed by atoms with van der Waals surface area (Å²) in [5.41, 5.74) is 0. The summed E-state index contributed by atoms with van der Waals surface area (Å²) in [6.07, 6.45) is 4.61. The van der Waals surface area contributed by atoms with Crippen molar-refractivity contribution in [1.29, 1.82) is 0 Å². The van der Waals surface area contributed by atoms with Gasteiger partial charge in [-0.1, -0.05) is 6.42 Å². The van der Waals surface area contributed by atoms with Gasteiger partial charge in [-0.15, -0.1) is 0 Å². The second kappa shape index (κ2) is 5.18. The van der Waals surface area contributed by atoms with E-state index in [1.54, 1.807) is 6.20 Å². The number of nitrogens with zero attached hydrogens (tertiary/aromatic N) is 1. The number of sulfone groups is 1. The highest BCUT2D eigenvalue weighted by molar-refractivity contribution is 7.91. The van der Waals surface area contributed by atoms with Crippen LogP contribution in [0.25, 0.3) is 0 Å². The second-order valence-corrected chi connectivity index (χ2v) is 6.66. The molecule has 0 saturated carbocycles. The van der Waals surface area contributed by atoms with Crippen LogP contribution in [-0.2, 0) is 16.3 Å². The fourth-order valence-corrected chi connectivity index (χ4v) is 3.97. The van der Waals surface area contributed by atoms with Crippen LogP contribution in [0.2, 0.25) is 0 Å². The number of rotatable bonds is 4. The molecule has 17 heavy (non-hydrogen) atoms. The predicted octanol–water partition coefficient (Wildman–Crippen LogP) is 1.08.